The molecular formula is C14H24N2O4. The van der Waals surface area contributed by atoms with Crippen molar-refractivity contribution in [3.05, 3.63) is 0 Å². The van der Waals surface area contributed by atoms with Gasteiger partial charge in [-0.3, -0.25) is 4.79 Å². The Morgan fingerprint density at radius 3 is 2.30 bits per heavy atom. The fourth-order valence-electron chi connectivity index (χ4n) is 2.96. The van der Waals surface area contributed by atoms with E-state index in [2.05, 4.69) is 0 Å². The minimum Gasteiger partial charge on any atom is -0.481 e. The predicted molar refractivity (Wildman–Crippen MR) is 73.3 cm³/mol. The summed E-state index contributed by atoms with van der Waals surface area (Å²) in [5.41, 5.74) is -0.701. The van der Waals surface area contributed by atoms with Crippen LogP contribution in [0.25, 0.3) is 0 Å². The van der Waals surface area contributed by atoms with Gasteiger partial charge in [-0.15, -0.1) is 0 Å². The number of likely N-dealkylation sites (tertiary alicyclic amines) is 1. The van der Waals surface area contributed by atoms with Gasteiger partial charge in [0.25, 0.3) is 0 Å². The van der Waals surface area contributed by atoms with Crippen LogP contribution in [0.15, 0.2) is 0 Å². The third kappa shape index (κ3) is 3.06. The van der Waals surface area contributed by atoms with E-state index in [1.807, 2.05) is 0 Å². The van der Waals surface area contributed by atoms with Gasteiger partial charge in [-0.1, -0.05) is 0 Å². The fraction of sp³-hybridized carbons (Fsp3) is 0.857. The van der Waals surface area contributed by atoms with Crippen LogP contribution in [0.3, 0.4) is 0 Å². The maximum atomic E-state index is 12.3. The molecule has 6 nitrogen and oxygen atoms in total. The van der Waals surface area contributed by atoms with E-state index in [0.29, 0.717) is 38.4 Å². The molecule has 0 spiro atoms. The first-order chi connectivity index (χ1) is 9.32. The van der Waals surface area contributed by atoms with Gasteiger partial charge in [-0.05, 0) is 38.5 Å². The van der Waals surface area contributed by atoms with Crippen molar-refractivity contribution >= 4 is 12.0 Å². The molecule has 2 N–H and O–H groups in total. The fourth-order valence-corrected chi connectivity index (χ4v) is 2.96. The molecule has 2 fully saturated rings. The average Bonchev–Trinajstić information content (AvgIpc) is 2.36. The number of amides is 2. The molecule has 20 heavy (non-hydrogen) atoms. The van der Waals surface area contributed by atoms with Crippen molar-refractivity contribution in [1.29, 1.82) is 0 Å². The van der Waals surface area contributed by atoms with Crippen LogP contribution in [-0.2, 0) is 4.79 Å². The Bertz CT molecular complexity index is 385. The number of carboxylic acids is 1. The second kappa shape index (κ2) is 5.60. The summed E-state index contributed by atoms with van der Waals surface area (Å²) >= 11 is 0. The normalized spacial score (nSPS) is 28.6. The van der Waals surface area contributed by atoms with Gasteiger partial charge in [0.1, 0.15) is 0 Å². The Morgan fingerprint density at radius 1 is 1.30 bits per heavy atom. The average molecular weight is 284 g/mol. The molecule has 2 aliphatic rings. The highest BCUT2D eigenvalue weighted by atomic mass is 16.4. The molecule has 0 bridgehead atoms. The predicted octanol–water partition coefficient (Wildman–Crippen LogP) is 0.996. The van der Waals surface area contributed by atoms with E-state index in [1.165, 1.54) is 0 Å². The Hall–Kier alpha value is -1.30. The number of carbonyl (C=O) groups is 2. The first kappa shape index (κ1) is 15.1. The summed E-state index contributed by atoms with van der Waals surface area (Å²) in [6, 6.07) is -0.0289. The zero-order valence-electron chi connectivity index (χ0n) is 12.2. The van der Waals surface area contributed by atoms with Gasteiger partial charge in [0, 0.05) is 26.7 Å². The topological polar surface area (TPSA) is 81.1 Å². The Kier molecular flexibility index (Phi) is 4.22. The van der Waals surface area contributed by atoms with Crippen LogP contribution < -0.4 is 0 Å². The molecule has 0 unspecified atom stereocenters. The number of carboxylic acid groups (broad SMARTS) is 1. The molecule has 0 atom stereocenters. The molecule has 2 amide bonds. The number of carbonyl (C=O) groups excluding carboxylic acids is 1. The highest BCUT2D eigenvalue weighted by Crippen LogP contribution is 2.32. The van der Waals surface area contributed by atoms with E-state index >= 15 is 0 Å². The molecule has 1 heterocycles. The van der Waals surface area contributed by atoms with Crippen molar-refractivity contribution in [1.82, 2.24) is 9.80 Å². The molecule has 114 valence electrons. The lowest BCUT2D eigenvalue weighted by molar-refractivity contribution is -0.150. The number of piperidine rings is 1. The summed E-state index contributed by atoms with van der Waals surface area (Å²) in [4.78, 5) is 26.9. The second-order valence-corrected chi connectivity index (χ2v) is 6.51. The molecule has 2 rings (SSSR count). The molecule has 6 heteroatoms. The number of urea groups is 1. The molecule has 0 aromatic heterocycles. The lowest BCUT2D eigenvalue weighted by Crippen LogP contribution is -2.50. The van der Waals surface area contributed by atoms with E-state index in [9.17, 15) is 19.8 Å². The zero-order valence-corrected chi connectivity index (χ0v) is 12.2. The molecule has 0 radical (unpaired) electrons. The first-order valence-corrected chi connectivity index (χ1v) is 7.23. The minimum absolute atomic E-state index is 0.0289. The molecular weight excluding hydrogens is 260 g/mol. The molecule has 1 saturated heterocycles. The number of nitrogens with zero attached hydrogens (tertiary/aromatic N) is 2. The number of hydrogen-bond acceptors (Lipinski definition) is 3. The second-order valence-electron chi connectivity index (χ2n) is 6.51. The standard InChI is InChI=1S/C14H24N2O4/c1-14(12(18)19)3-5-16(6-4-14)13(20)15(2)9-10-7-11(17)8-10/h10-11,17H,3-9H2,1-2H3,(H,18,19). The largest absolute Gasteiger partial charge is 0.481 e. The summed E-state index contributed by atoms with van der Waals surface area (Å²) in [7, 11) is 1.78. The van der Waals surface area contributed by atoms with E-state index < -0.39 is 11.4 Å². The molecule has 1 aliphatic carbocycles. The maximum Gasteiger partial charge on any atom is 0.319 e. The summed E-state index contributed by atoms with van der Waals surface area (Å²) in [5.74, 6) is -0.380. The van der Waals surface area contributed by atoms with Gasteiger partial charge in [0.05, 0.1) is 11.5 Å². The lowest BCUT2D eigenvalue weighted by Gasteiger charge is -2.40. The highest BCUT2D eigenvalue weighted by Gasteiger charge is 2.39. The zero-order chi connectivity index (χ0) is 14.9. The third-order valence-electron chi connectivity index (χ3n) is 4.72. The van der Waals surface area contributed by atoms with Crippen LogP contribution in [0.1, 0.15) is 32.6 Å². The van der Waals surface area contributed by atoms with Crippen molar-refractivity contribution in [2.45, 2.75) is 38.7 Å². The van der Waals surface area contributed by atoms with Crippen LogP contribution in [0, 0.1) is 11.3 Å². The Morgan fingerprint density at radius 2 is 1.85 bits per heavy atom. The smallest absolute Gasteiger partial charge is 0.319 e. The summed E-state index contributed by atoms with van der Waals surface area (Å²) in [6.45, 7) is 3.41. The number of rotatable bonds is 3. The maximum absolute atomic E-state index is 12.3. The number of aliphatic hydroxyl groups is 1. The quantitative estimate of drug-likeness (QED) is 0.810. The SMILES string of the molecule is CN(CC1CC(O)C1)C(=O)N1CCC(C)(C(=O)O)CC1. The van der Waals surface area contributed by atoms with Gasteiger partial charge in [0.15, 0.2) is 0 Å². The molecule has 1 aliphatic heterocycles. The summed E-state index contributed by atoms with van der Waals surface area (Å²) < 4.78 is 0. The van der Waals surface area contributed by atoms with Crippen molar-refractivity contribution in [2.75, 3.05) is 26.7 Å². The monoisotopic (exact) mass is 284 g/mol. The van der Waals surface area contributed by atoms with Crippen LogP contribution in [0.4, 0.5) is 4.79 Å². The van der Waals surface area contributed by atoms with Crippen LogP contribution >= 0.6 is 0 Å². The van der Waals surface area contributed by atoms with E-state index in [4.69, 9.17) is 0 Å². The third-order valence-corrected chi connectivity index (χ3v) is 4.72. The molecule has 0 aromatic rings. The van der Waals surface area contributed by atoms with E-state index in [-0.39, 0.29) is 12.1 Å². The van der Waals surface area contributed by atoms with Crippen LogP contribution in [-0.4, -0.2) is 64.8 Å². The van der Waals surface area contributed by atoms with Crippen molar-refractivity contribution < 1.29 is 19.8 Å². The number of aliphatic hydroxyl groups excluding tert-OH is 1. The van der Waals surface area contributed by atoms with Gasteiger partial charge >= 0.3 is 12.0 Å². The number of aliphatic carboxylic acids is 1. The summed E-state index contributed by atoms with van der Waals surface area (Å²) in [6.07, 6.45) is 2.35. The van der Waals surface area contributed by atoms with Crippen molar-refractivity contribution in [3.8, 4) is 0 Å². The van der Waals surface area contributed by atoms with E-state index in [1.54, 1.807) is 23.8 Å². The van der Waals surface area contributed by atoms with Gasteiger partial charge < -0.3 is 20.0 Å². The van der Waals surface area contributed by atoms with Crippen LogP contribution in [0.2, 0.25) is 0 Å². The summed E-state index contributed by atoms with van der Waals surface area (Å²) in [5, 5.41) is 18.4. The van der Waals surface area contributed by atoms with Gasteiger partial charge in [0.2, 0.25) is 0 Å². The van der Waals surface area contributed by atoms with Crippen molar-refractivity contribution in [3.63, 3.8) is 0 Å². The van der Waals surface area contributed by atoms with Gasteiger partial charge in [-0.25, -0.2) is 4.79 Å². The first-order valence-electron chi connectivity index (χ1n) is 7.23. The highest BCUT2D eigenvalue weighted by molar-refractivity contribution is 5.77. The van der Waals surface area contributed by atoms with Crippen LogP contribution in [0.5, 0.6) is 0 Å². The van der Waals surface area contributed by atoms with E-state index in [0.717, 1.165) is 12.8 Å². The Balaban J connectivity index is 1.80. The van der Waals surface area contributed by atoms with Crippen molar-refractivity contribution in [2.24, 2.45) is 11.3 Å². The Labute approximate surface area is 119 Å². The minimum atomic E-state index is -0.776. The lowest BCUT2D eigenvalue weighted by atomic mass is 9.80. The number of hydrogen-bond donors (Lipinski definition) is 2. The molecule has 0 aromatic carbocycles. The molecule has 1 saturated carbocycles. The van der Waals surface area contributed by atoms with Gasteiger partial charge in [-0.2, -0.15) is 0 Å².